The van der Waals surface area contributed by atoms with Crippen LogP contribution in [0.2, 0.25) is 0 Å². The van der Waals surface area contributed by atoms with Gasteiger partial charge in [0.2, 0.25) is 0 Å². The topological polar surface area (TPSA) is 68.2 Å². The summed E-state index contributed by atoms with van der Waals surface area (Å²) in [5, 5.41) is 9.20. The summed E-state index contributed by atoms with van der Waals surface area (Å²) in [6, 6.07) is 4.68. The highest BCUT2D eigenvalue weighted by molar-refractivity contribution is 5.87. The van der Waals surface area contributed by atoms with Crippen LogP contribution in [0.5, 0.6) is 17.2 Å². The van der Waals surface area contributed by atoms with Gasteiger partial charge < -0.3 is 19.3 Å². The highest BCUT2D eigenvalue weighted by atomic mass is 35.5. The van der Waals surface area contributed by atoms with Crippen LogP contribution in [0, 0.1) is 5.82 Å². The van der Waals surface area contributed by atoms with Crippen molar-refractivity contribution in [1.82, 2.24) is 4.90 Å². The fourth-order valence-corrected chi connectivity index (χ4v) is 4.25. The molecule has 0 saturated carbocycles. The van der Waals surface area contributed by atoms with Crippen molar-refractivity contribution in [3.8, 4) is 17.2 Å². The summed E-state index contributed by atoms with van der Waals surface area (Å²) >= 11 is 0. The molecule has 1 N–H and O–H groups in total. The van der Waals surface area contributed by atoms with E-state index in [1.54, 1.807) is 12.2 Å². The summed E-state index contributed by atoms with van der Waals surface area (Å²) in [6.45, 7) is 1.35. The molecule has 4 rings (SSSR count). The van der Waals surface area contributed by atoms with Crippen molar-refractivity contribution < 1.29 is 54.8 Å². The summed E-state index contributed by atoms with van der Waals surface area (Å²) in [5.74, 6) is -2.35. The Hall–Kier alpha value is -3.45. The van der Waals surface area contributed by atoms with Gasteiger partial charge >= 0.3 is 18.3 Å². The van der Waals surface area contributed by atoms with Crippen molar-refractivity contribution in [2.24, 2.45) is 0 Å². The molecule has 232 valence electrons. The first-order chi connectivity index (χ1) is 18.7. The maximum absolute atomic E-state index is 14.9. The first kappa shape index (κ1) is 34.7. The number of carbonyl (C=O) groups is 1. The lowest BCUT2D eigenvalue weighted by Crippen LogP contribution is -2.35. The number of rotatable bonds is 8. The third-order valence-corrected chi connectivity index (χ3v) is 6.31. The number of benzene rings is 2. The van der Waals surface area contributed by atoms with Crippen molar-refractivity contribution in [2.75, 3.05) is 26.2 Å². The van der Waals surface area contributed by atoms with Crippen LogP contribution in [-0.2, 0) is 17.6 Å². The van der Waals surface area contributed by atoms with Crippen LogP contribution >= 0.6 is 12.4 Å². The third-order valence-electron chi connectivity index (χ3n) is 6.31. The summed E-state index contributed by atoms with van der Waals surface area (Å²) in [5.41, 5.74) is -0.527. The molecule has 2 aromatic rings. The van der Waals surface area contributed by atoms with Gasteiger partial charge in [0.05, 0.1) is 11.1 Å². The van der Waals surface area contributed by atoms with Gasteiger partial charge in [0.25, 0.3) is 0 Å². The molecule has 0 aliphatic carbocycles. The van der Waals surface area contributed by atoms with E-state index in [4.69, 9.17) is 9.47 Å². The molecule has 1 atom stereocenters. The summed E-state index contributed by atoms with van der Waals surface area (Å²) in [4.78, 5) is 13.1. The molecule has 0 fully saturated rings. The van der Waals surface area contributed by atoms with E-state index in [0.717, 1.165) is 18.2 Å². The van der Waals surface area contributed by atoms with Gasteiger partial charge in [-0.15, -0.1) is 12.4 Å². The van der Waals surface area contributed by atoms with Gasteiger partial charge in [0.15, 0.2) is 6.10 Å². The molecule has 6 nitrogen and oxygen atoms in total. The summed E-state index contributed by atoms with van der Waals surface area (Å²) in [6.07, 6.45) is -8.18. The minimum atomic E-state index is -4.92. The second-order valence-corrected chi connectivity index (χ2v) is 9.35. The Morgan fingerprint density at radius 1 is 1.12 bits per heavy atom. The fraction of sp³-hybridized carbons (Fsp3) is 0.393. The van der Waals surface area contributed by atoms with E-state index in [0.29, 0.717) is 38.1 Å². The van der Waals surface area contributed by atoms with Gasteiger partial charge in [-0.2, -0.15) is 26.3 Å². The van der Waals surface area contributed by atoms with E-state index in [1.165, 1.54) is 6.07 Å². The van der Waals surface area contributed by atoms with Crippen LogP contribution < -0.4 is 14.2 Å². The average Bonchev–Trinajstić information content (AvgIpc) is 2.87. The van der Waals surface area contributed by atoms with Gasteiger partial charge in [-0.25, -0.2) is 9.18 Å². The highest BCUT2D eigenvalue weighted by Gasteiger charge is 2.39. The Bertz CT molecular complexity index is 1340. The van der Waals surface area contributed by atoms with Gasteiger partial charge in [-0.05, 0) is 37.1 Å². The van der Waals surface area contributed by atoms with Crippen LogP contribution in [0.3, 0.4) is 0 Å². The number of hydrogen-bond donors (Lipinski definition) is 1. The molecule has 42 heavy (non-hydrogen) atoms. The van der Waals surface area contributed by atoms with Crippen molar-refractivity contribution in [3.63, 3.8) is 0 Å². The molecular formula is C28H29ClF7NO5. The largest absolute Gasteiger partial charge is 0.489 e. The third kappa shape index (κ3) is 8.54. The van der Waals surface area contributed by atoms with Crippen LogP contribution in [0.25, 0.3) is 6.08 Å². The maximum atomic E-state index is 14.9. The van der Waals surface area contributed by atoms with Gasteiger partial charge in [-0.3, -0.25) is 4.90 Å². The molecule has 2 aliphatic rings. The van der Waals surface area contributed by atoms with Gasteiger partial charge in [0.1, 0.15) is 36.3 Å². The minimum absolute atomic E-state index is 0. The van der Waals surface area contributed by atoms with Crippen molar-refractivity contribution in [3.05, 3.63) is 70.1 Å². The SMILES string of the molecule is C.C[C@H](Oc1ccc(COc2cc(F)c3c(c2)OCC(CN2CCC=C(C(=O)O)C2)=C3)c(C(F)(F)F)c1)C(F)(F)F.Cl. The van der Waals surface area contributed by atoms with Crippen molar-refractivity contribution >= 4 is 24.5 Å². The second kappa shape index (κ2) is 13.7. The number of aliphatic carboxylic acids is 1. The molecule has 0 unspecified atom stereocenters. The molecule has 0 amide bonds. The molecule has 14 heteroatoms. The van der Waals surface area contributed by atoms with E-state index in [1.807, 2.05) is 4.90 Å². The number of ether oxygens (including phenoxy) is 3. The van der Waals surface area contributed by atoms with Crippen molar-refractivity contribution in [1.29, 1.82) is 0 Å². The normalized spacial score (nSPS) is 16.0. The lowest BCUT2D eigenvalue weighted by molar-refractivity contribution is -0.189. The van der Waals surface area contributed by atoms with Crippen LogP contribution in [0.1, 0.15) is 37.5 Å². The zero-order valence-corrected chi connectivity index (χ0v) is 22.3. The van der Waals surface area contributed by atoms with Crippen LogP contribution in [0.4, 0.5) is 30.7 Å². The molecule has 0 radical (unpaired) electrons. The Morgan fingerprint density at radius 3 is 2.48 bits per heavy atom. The van der Waals surface area contributed by atoms with E-state index >= 15 is 0 Å². The molecule has 0 spiro atoms. The first-order valence-electron chi connectivity index (χ1n) is 12.1. The predicted molar refractivity (Wildman–Crippen MR) is 143 cm³/mol. The van der Waals surface area contributed by atoms with Gasteiger partial charge in [0, 0.05) is 42.9 Å². The quantitative estimate of drug-likeness (QED) is 0.310. The van der Waals surface area contributed by atoms with E-state index in [-0.39, 0.29) is 55.6 Å². The fourth-order valence-electron chi connectivity index (χ4n) is 4.25. The average molecular weight is 628 g/mol. The molecular weight excluding hydrogens is 599 g/mol. The van der Waals surface area contributed by atoms with Crippen LogP contribution in [-0.4, -0.2) is 54.5 Å². The number of carboxylic acids is 1. The summed E-state index contributed by atoms with van der Waals surface area (Å²) in [7, 11) is 0. The maximum Gasteiger partial charge on any atom is 0.425 e. The zero-order valence-electron chi connectivity index (χ0n) is 21.4. The predicted octanol–water partition coefficient (Wildman–Crippen LogP) is 7.30. The van der Waals surface area contributed by atoms with E-state index in [2.05, 4.69) is 4.74 Å². The van der Waals surface area contributed by atoms with Crippen LogP contribution in [0.15, 0.2) is 47.6 Å². The number of carboxylic acid groups (broad SMARTS) is 1. The van der Waals surface area contributed by atoms with Gasteiger partial charge in [-0.1, -0.05) is 19.6 Å². The Labute approximate surface area is 243 Å². The number of fused-ring (bicyclic) bond motifs is 1. The number of alkyl halides is 6. The molecule has 2 aliphatic heterocycles. The monoisotopic (exact) mass is 627 g/mol. The smallest absolute Gasteiger partial charge is 0.425 e. The lowest BCUT2D eigenvalue weighted by atomic mass is 10.0. The van der Waals surface area contributed by atoms with Crippen molar-refractivity contribution in [2.45, 2.75) is 45.8 Å². The standard InChI is InChI=1S/C27H24F7NO5.CH4.ClH/c1-15(26(29,30)31)40-19-5-4-18(22(8-19)27(32,33)34)14-38-20-9-23(28)21-7-16(13-39-24(21)10-20)11-35-6-2-3-17(12-35)25(36)37;;/h3-5,7-10,15H,2,6,11-14H2,1H3,(H,36,37);1H4;1H/t15-;;/m0../s1. The highest BCUT2D eigenvalue weighted by Crippen LogP contribution is 2.37. The number of nitrogens with zero attached hydrogens (tertiary/aromatic N) is 1. The summed E-state index contributed by atoms with van der Waals surface area (Å²) < 4.78 is 110. The number of hydrogen-bond acceptors (Lipinski definition) is 5. The molecule has 2 heterocycles. The Kier molecular flexibility index (Phi) is 11.3. The Balaban J connectivity index is 0.00000308. The molecule has 0 saturated heterocycles. The van der Waals surface area contributed by atoms with E-state index in [9.17, 15) is 40.6 Å². The van der Waals surface area contributed by atoms with E-state index < -0.39 is 53.7 Å². The first-order valence-corrected chi connectivity index (χ1v) is 12.1. The lowest BCUT2D eigenvalue weighted by Gasteiger charge is -2.28. The minimum Gasteiger partial charge on any atom is -0.489 e. The molecule has 2 aromatic carbocycles. The Morgan fingerprint density at radius 2 is 1.83 bits per heavy atom. The number of halogens is 8. The zero-order chi connectivity index (χ0) is 29.2. The molecule has 0 aromatic heterocycles. The second-order valence-electron chi connectivity index (χ2n) is 9.35. The molecule has 0 bridgehead atoms.